The third-order valence-corrected chi connectivity index (χ3v) is 11.1. The molecule has 0 aliphatic rings. The second kappa shape index (κ2) is 16.1. The molecule has 0 amide bonds. The van der Waals surface area contributed by atoms with Crippen LogP contribution in [0.3, 0.4) is 0 Å². The first kappa shape index (κ1) is 26.1. The highest BCUT2D eigenvalue weighted by Crippen LogP contribution is 2.35. The normalized spacial score (nSPS) is 12.7. The third kappa shape index (κ3) is 15.2. The van der Waals surface area contributed by atoms with Crippen LogP contribution in [-0.2, 0) is 4.74 Å². The first-order valence-corrected chi connectivity index (χ1v) is 14.8. The van der Waals surface area contributed by atoms with Crippen molar-refractivity contribution in [3.63, 3.8) is 0 Å². The standard InChI is InChI=1S/C23H51NOSi/c1-7-8-9-10-11-12-13-14-15-16-17-18-19-24-20-21-25-22-26(5,6)23(2,3)4/h24H,7-22H2,1-6H3. The van der Waals surface area contributed by atoms with Crippen molar-refractivity contribution in [1.29, 1.82) is 0 Å². The lowest BCUT2D eigenvalue weighted by Gasteiger charge is -2.36. The van der Waals surface area contributed by atoms with Crippen LogP contribution in [0.15, 0.2) is 0 Å². The van der Waals surface area contributed by atoms with Crippen LogP contribution in [0.1, 0.15) is 105 Å². The van der Waals surface area contributed by atoms with Gasteiger partial charge in [0.05, 0.1) is 14.7 Å². The quantitative estimate of drug-likeness (QED) is 0.197. The molecule has 2 nitrogen and oxygen atoms in total. The fourth-order valence-electron chi connectivity index (χ4n) is 2.90. The van der Waals surface area contributed by atoms with Crippen molar-refractivity contribution in [3.8, 4) is 0 Å². The Balaban J connectivity index is 3.21. The molecule has 0 bridgehead atoms. The predicted molar refractivity (Wildman–Crippen MR) is 122 cm³/mol. The van der Waals surface area contributed by atoms with E-state index in [1.54, 1.807) is 0 Å². The van der Waals surface area contributed by atoms with E-state index in [1.807, 2.05) is 0 Å². The zero-order valence-electron chi connectivity index (χ0n) is 19.2. The number of nitrogens with one attached hydrogen (secondary N) is 1. The van der Waals surface area contributed by atoms with Crippen LogP contribution in [0.2, 0.25) is 18.1 Å². The van der Waals surface area contributed by atoms with Crippen LogP contribution < -0.4 is 5.32 Å². The van der Waals surface area contributed by atoms with Gasteiger partial charge in [0.15, 0.2) is 0 Å². The third-order valence-electron chi connectivity index (χ3n) is 6.12. The maximum absolute atomic E-state index is 5.94. The van der Waals surface area contributed by atoms with Gasteiger partial charge in [0.2, 0.25) is 0 Å². The maximum Gasteiger partial charge on any atom is 0.0829 e. The zero-order valence-corrected chi connectivity index (χ0v) is 20.2. The number of ether oxygens (including phenoxy) is 1. The van der Waals surface area contributed by atoms with Gasteiger partial charge in [-0.2, -0.15) is 0 Å². The fourth-order valence-corrected chi connectivity index (χ4v) is 3.99. The summed E-state index contributed by atoms with van der Waals surface area (Å²) in [6.07, 6.45) is 18.0. The minimum atomic E-state index is -1.26. The summed E-state index contributed by atoms with van der Waals surface area (Å²) in [5.74, 6) is 0. The Labute approximate surface area is 167 Å². The van der Waals surface area contributed by atoms with E-state index >= 15 is 0 Å². The Bertz CT molecular complexity index is 299. The van der Waals surface area contributed by atoms with Crippen LogP contribution in [0.5, 0.6) is 0 Å². The molecule has 0 saturated carbocycles. The van der Waals surface area contributed by atoms with Crippen molar-refractivity contribution in [3.05, 3.63) is 0 Å². The number of unbranched alkanes of at least 4 members (excludes halogenated alkanes) is 11. The van der Waals surface area contributed by atoms with E-state index in [0.717, 1.165) is 25.9 Å². The summed E-state index contributed by atoms with van der Waals surface area (Å²) in [4.78, 5) is 0. The summed E-state index contributed by atoms with van der Waals surface area (Å²) >= 11 is 0. The van der Waals surface area contributed by atoms with Gasteiger partial charge in [0.1, 0.15) is 0 Å². The highest BCUT2D eigenvalue weighted by molar-refractivity contribution is 6.80. The van der Waals surface area contributed by atoms with Gasteiger partial charge < -0.3 is 10.1 Å². The summed E-state index contributed by atoms with van der Waals surface area (Å²) in [5.41, 5.74) is 0. The fraction of sp³-hybridized carbons (Fsp3) is 1.00. The number of hydrogen-bond acceptors (Lipinski definition) is 2. The van der Waals surface area contributed by atoms with E-state index in [0.29, 0.717) is 5.04 Å². The molecular formula is C23H51NOSi. The topological polar surface area (TPSA) is 21.3 Å². The molecule has 0 spiro atoms. The van der Waals surface area contributed by atoms with Crippen molar-refractivity contribution in [2.24, 2.45) is 0 Å². The molecule has 1 N–H and O–H groups in total. The van der Waals surface area contributed by atoms with Gasteiger partial charge in [-0.25, -0.2) is 0 Å². The molecular weight excluding hydrogens is 334 g/mol. The Morgan fingerprint density at radius 2 is 1.15 bits per heavy atom. The van der Waals surface area contributed by atoms with Crippen molar-refractivity contribution >= 4 is 8.07 Å². The zero-order chi connectivity index (χ0) is 19.7. The van der Waals surface area contributed by atoms with Gasteiger partial charge in [-0.15, -0.1) is 0 Å². The molecule has 26 heavy (non-hydrogen) atoms. The molecule has 3 heteroatoms. The van der Waals surface area contributed by atoms with Gasteiger partial charge in [-0.05, 0) is 18.0 Å². The van der Waals surface area contributed by atoms with Crippen molar-refractivity contribution in [1.82, 2.24) is 5.32 Å². The second-order valence-corrected chi connectivity index (χ2v) is 15.4. The SMILES string of the molecule is CCCCCCCCCCCCCCNCCOC[Si](C)(C)C(C)(C)C. The first-order valence-electron chi connectivity index (χ1n) is 11.6. The first-order chi connectivity index (χ1) is 12.3. The second-order valence-electron chi connectivity index (χ2n) is 9.83. The molecule has 0 heterocycles. The van der Waals surface area contributed by atoms with Gasteiger partial charge in [0.25, 0.3) is 0 Å². The summed E-state index contributed by atoms with van der Waals surface area (Å²) in [6, 6.07) is 0. The van der Waals surface area contributed by atoms with Crippen LogP contribution in [-0.4, -0.2) is 34.0 Å². The van der Waals surface area contributed by atoms with Crippen molar-refractivity contribution in [2.45, 2.75) is 123 Å². The average Bonchev–Trinajstić information content (AvgIpc) is 2.56. The monoisotopic (exact) mass is 385 g/mol. The van der Waals surface area contributed by atoms with Crippen molar-refractivity contribution in [2.75, 3.05) is 25.9 Å². The van der Waals surface area contributed by atoms with E-state index in [2.05, 4.69) is 46.1 Å². The summed E-state index contributed by atoms with van der Waals surface area (Å²) < 4.78 is 5.94. The summed E-state index contributed by atoms with van der Waals surface area (Å²) in [6.45, 7) is 17.3. The van der Waals surface area contributed by atoms with Crippen LogP contribution in [0.25, 0.3) is 0 Å². The van der Waals surface area contributed by atoms with Crippen LogP contribution in [0.4, 0.5) is 0 Å². The van der Waals surface area contributed by atoms with Gasteiger partial charge in [-0.1, -0.05) is 111 Å². The lowest BCUT2D eigenvalue weighted by molar-refractivity contribution is 0.171. The van der Waals surface area contributed by atoms with E-state index in [4.69, 9.17) is 4.74 Å². The predicted octanol–water partition coefficient (Wildman–Crippen LogP) is 7.34. The highest BCUT2D eigenvalue weighted by Gasteiger charge is 2.35. The maximum atomic E-state index is 5.94. The van der Waals surface area contributed by atoms with Crippen molar-refractivity contribution < 1.29 is 4.74 Å². The molecule has 0 aromatic rings. The molecule has 0 unspecified atom stereocenters. The smallest absolute Gasteiger partial charge is 0.0829 e. The lowest BCUT2D eigenvalue weighted by atomic mass is 10.1. The molecule has 0 aliphatic heterocycles. The Morgan fingerprint density at radius 3 is 1.62 bits per heavy atom. The Hall–Kier alpha value is 0.137. The van der Waals surface area contributed by atoms with E-state index in [-0.39, 0.29) is 0 Å². The lowest BCUT2D eigenvalue weighted by Crippen LogP contribution is -2.43. The molecule has 158 valence electrons. The largest absolute Gasteiger partial charge is 0.383 e. The van der Waals surface area contributed by atoms with Gasteiger partial charge in [-0.3, -0.25) is 0 Å². The number of rotatable bonds is 18. The van der Waals surface area contributed by atoms with Gasteiger partial charge >= 0.3 is 0 Å². The minimum Gasteiger partial charge on any atom is -0.383 e. The molecule has 0 aromatic carbocycles. The Kier molecular flexibility index (Phi) is 16.2. The Morgan fingerprint density at radius 1 is 0.692 bits per heavy atom. The molecule has 0 aromatic heterocycles. The number of hydrogen-bond donors (Lipinski definition) is 1. The average molecular weight is 386 g/mol. The molecule has 0 atom stereocenters. The summed E-state index contributed by atoms with van der Waals surface area (Å²) in [5, 5.41) is 3.96. The van der Waals surface area contributed by atoms with E-state index < -0.39 is 8.07 Å². The minimum absolute atomic E-state index is 0.426. The molecule has 0 saturated heterocycles. The highest BCUT2D eigenvalue weighted by atomic mass is 28.3. The molecule has 0 aliphatic carbocycles. The molecule has 0 fully saturated rings. The van der Waals surface area contributed by atoms with Crippen LogP contribution >= 0.6 is 0 Å². The molecule has 0 rings (SSSR count). The van der Waals surface area contributed by atoms with E-state index in [1.165, 1.54) is 77.0 Å². The summed E-state index contributed by atoms with van der Waals surface area (Å²) in [7, 11) is -1.26. The van der Waals surface area contributed by atoms with E-state index in [9.17, 15) is 0 Å². The molecule has 0 radical (unpaired) electrons. The van der Waals surface area contributed by atoms with Crippen LogP contribution in [0, 0.1) is 0 Å². The van der Waals surface area contributed by atoms with Gasteiger partial charge in [0, 0.05) is 12.8 Å².